The first-order chi connectivity index (χ1) is 13.9. The number of aryl methyl sites for hydroxylation is 1. The molecule has 2 aromatic carbocycles. The van der Waals surface area contributed by atoms with E-state index in [1.165, 1.54) is 41.3 Å². The smallest absolute Gasteiger partial charge is 0.231 e. The lowest BCUT2D eigenvalue weighted by molar-refractivity contribution is 0.174. The number of unbranched alkanes of at least 4 members (excludes halogenated alkanes) is 1. The number of nitrogens with one attached hydrogen (secondary N) is 2. The van der Waals surface area contributed by atoms with E-state index in [1.807, 2.05) is 6.07 Å². The highest BCUT2D eigenvalue weighted by molar-refractivity contribution is 5.87. The van der Waals surface area contributed by atoms with Gasteiger partial charge in [-0.3, -0.25) is 0 Å². The second-order valence-corrected chi connectivity index (χ2v) is 7.72. The lowest BCUT2D eigenvalue weighted by Crippen LogP contribution is -2.32. The number of rotatable bonds is 6. The molecule has 0 amide bonds. The molecule has 2 N–H and O–H groups in total. The van der Waals surface area contributed by atoms with Crippen LogP contribution in [0.1, 0.15) is 36.8 Å². The number of H-pyrrole nitrogens is 1. The Labute approximate surface area is 165 Å². The van der Waals surface area contributed by atoms with Crippen LogP contribution >= 0.6 is 0 Å². The highest BCUT2D eigenvalue weighted by Crippen LogP contribution is 2.37. The molecule has 144 valence electrons. The Hall–Kier alpha value is -2.72. The van der Waals surface area contributed by atoms with E-state index in [4.69, 9.17) is 9.47 Å². The number of aromatic nitrogens is 1. The van der Waals surface area contributed by atoms with Gasteiger partial charge >= 0.3 is 0 Å². The first-order valence-corrected chi connectivity index (χ1v) is 10.2. The van der Waals surface area contributed by atoms with E-state index in [-0.39, 0.29) is 0 Å². The molecule has 2 aliphatic heterocycles. The Morgan fingerprint density at radius 3 is 2.75 bits per heavy atom. The number of benzene rings is 2. The standard InChI is InChI=1S/C24H26N2O2/c1-2-6-17(7-3-1)18-10-11-25-20(12-18)9-5-4-8-19-15-26-22-14-24-23(13-21(19)22)27-16-28-24/h1-3,6-7,10,13-15,20,25-26H,4-5,8-9,11-12,16H2. The van der Waals surface area contributed by atoms with Crippen LogP contribution in [0.25, 0.3) is 16.5 Å². The van der Waals surface area contributed by atoms with E-state index in [0.717, 1.165) is 36.4 Å². The van der Waals surface area contributed by atoms with Crippen LogP contribution in [-0.2, 0) is 6.42 Å². The Bertz CT molecular complexity index is 991. The summed E-state index contributed by atoms with van der Waals surface area (Å²) in [6.45, 7) is 1.30. The lowest BCUT2D eigenvalue weighted by Gasteiger charge is -2.24. The second-order valence-electron chi connectivity index (χ2n) is 7.72. The predicted molar refractivity (Wildman–Crippen MR) is 113 cm³/mol. The van der Waals surface area contributed by atoms with Crippen LogP contribution in [0.2, 0.25) is 0 Å². The van der Waals surface area contributed by atoms with Gasteiger partial charge in [-0.15, -0.1) is 0 Å². The molecule has 0 fully saturated rings. The van der Waals surface area contributed by atoms with Crippen molar-refractivity contribution in [3.63, 3.8) is 0 Å². The quantitative estimate of drug-likeness (QED) is 0.593. The van der Waals surface area contributed by atoms with Crippen molar-refractivity contribution in [1.29, 1.82) is 0 Å². The third-order valence-corrected chi connectivity index (χ3v) is 5.88. The Morgan fingerprint density at radius 2 is 1.86 bits per heavy atom. The largest absolute Gasteiger partial charge is 0.454 e. The highest BCUT2D eigenvalue weighted by Gasteiger charge is 2.17. The fraction of sp³-hybridized carbons (Fsp3) is 0.333. The van der Waals surface area contributed by atoms with Crippen LogP contribution in [0.3, 0.4) is 0 Å². The fourth-order valence-corrected chi connectivity index (χ4v) is 4.34. The van der Waals surface area contributed by atoms with Gasteiger partial charge in [0.1, 0.15) is 0 Å². The third kappa shape index (κ3) is 3.52. The molecule has 1 unspecified atom stereocenters. The van der Waals surface area contributed by atoms with E-state index in [9.17, 15) is 0 Å². The summed E-state index contributed by atoms with van der Waals surface area (Å²) < 4.78 is 11.0. The van der Waals surface area contributed by atoms with Crippen LogP contribution in [-0.4, -0.2) is 24.4 Å². The molecule has 28 heavy (non-hydrogen) atoms. The zero-order valence-electron chi connectivity index (χ0n) is 16.0. The summed E-state index contributed by atoms with van der Waals surface area (Å²) in [4.78, 5) is 3.38. The molecular weight excluding hydrogens is 348 g/mol. The Balaban J connectivity index is 1.15. The average molecular weight is 374 g/mol. The van der Waals surface area contributed by atoms with Crippen molar-refractivity contribution in [2.24, 2.45) is 0 Å². The topological polar surface area (TPSA) is 46.3 Å². The minimum absolute atomic E-state index is 0.324. The van der Waals surface area contributed by atoms with Gasteiger partial charge in [-0.1, -0.05) is 42.8 Å². The molecule has 0 spiro atoms. The molecule has 0 saturated heterocycles. The minimum Gasteiger partial charge on any atom is -0.454 e. The summed E-state index contributed by atoms with van der Waals surface area (Å²) in [5.74, 6) is 1.70. The molecule has 0 aliphatic carbocycles. The maximum Gasteiger partial charge on any atom is 0.231 e. The van der Waals surface area contributed by atoms with Crippen molar-refractivity contribution >= 4 is 16.5 Å². The molecule has 0 saturated carbocycles. The van der Waals surface area contributed by atoms with E-state index >= 15 is 0 Å². The van der Waals surface area contributed by atoms with Crippen molar-refractivity contribution in [3.8, 4) is 11.5 Å². The van der Waals surface area contributed by atoms with Crippen molar-refractivity contribution in [3.05, 3.63) is 65.9 Å². The van der Waals surface area contributed by atoms with E-state index in [1.54, 1.807) is 0 Å². The molecule has 0 bridgehead atoms. The van der Waals surface area contributed by atoms with Gasteiger partial charge in [-0.25, -0.2) is 0 Å². The number of aromatic amines is 1. The van der Waals surface area contributed by atoms with Gasteiger partial charge in [0.25, 0.3) is 0 Å². The second kappa shape index (κ2) is 7.72. The summed E-state index contributed by atoms with van der Waals surface area (Å²) in [6.07, 6.45) is 10.3. The zero-order chi connectivity index (χ0) is 18.8. The molecule has 4 heteroatoms. The maximum absolute atomic E-state index is 5.53. The van der Waals surface area contributed by atoms with Crippen molar-refractivity contribution in [2.45, 2.75) is 38.1 Å². The van der Waals surface area contributed by atoms with Crippen LogP contribution in [0.5, 0.6) is 11.5 Å². The Kier molecular flexibility index (Phi) is 4.79. The third-order valence-electron chi connectivity index (χ3n) is 5.88. The van der Waals surface area contributed by atoms with Gasteiger partial charge in [-0.05, 0) is 48.4 Å². The molecule has 1 aromatic heterocycles. The van der Waals surface area contributed by atoms with E-state index < -0.39 is 0 Å². The van der Waals surface area contributed by atoms with Crippen LogP contribution in [0.15, 0.2) is 54.7 Å². The Morgan fingerprint density at radius 1 is 1.00 bits per heavy atom. The van der Waals surface area contributed by atoms with Crippen molar-refractivity contribution in [1.82, 2.24) is 10.3 Å². The summed E-state index contributed by atoms with van der Waals surface area (Å²) in [5, 5.41) is 4.92. The van der Waals surface area contributed by atoms with Gasteiger partial charge in [0.05, 0.1) is 0 Å². The molecule has 2 aliphatic rings. The van der Waals surface area contributed by atoms with Gasteiger partial charge in [0.2, 0.25) is 6.79 Å². The monoisotopic (exact) mass is 374 g/mol. The minimum atomic E-state index is 0.324. The van der Waals surface area contributed by atoms with Gasteiger partial charge in [0, 0.05) is 35.8 Å². The molecular formula is C24H26N2O2. The zero-order valence-corrected chi connectivity index (χ0v) is 16.0. The summed E-state index contributed by atoms with van der Waals surface area (Å²) in [7, 11) is 0. The molecule has 1 atom stereocenters. The van der Waals surface area contributed by atoms with Gasteiger partial charge in [-0.2, -0.15) is 0 Å². The summed E-state index contributed by atoms with van der Waals surface area (Å²) in [6, 6.07) is 15.5. The maximum atomic E-state index is 5.53. The molecule has 3 heterocycles. The molecule has 0 radical (unpaired) electrons. The van der Waals surface area contributed by atoms with Crippen molar-refractivity contribution < 1.29 is 9.47 Å². The molecule has 5 rings (SSSR count). The highest BCUT2D eigenvalue weighted by atomic mass is 16.7. The summed E-state index contributed by atoms with van der Waals surface area (Å²) in [5.41, 5.74) is 5.35. The van der Waals surface area contributed by atoms with Crippen LogP contribution in [0, 0.1) is 0 Å². The van der Waals surface area contributed by atoms with E-state index in [0.29, 0.717) is 12.8 Å². The lowest BCUT2D eigenvalue weighted by atomic mass is 9.92. The number of ether oxygens (including phenoxy) is 2. The van der Waals surface area contributed by atoms with E-state index in [2.05, 4.69) is 59.0 Å². The molecule has 3 aromatic rings. The van der Waals surface area contributed by atoms with Gasteiger partial charge < -0.3 is 19.8 Å². The van der Waals surface area contributed by atoms with Crippen LogP contribution in [0.4, 0.5) is 0 Å². The van der Waals surface area contributed by atoms with Crippen molar-refractivity contribution in [2.75, 3.05) is 13.3 Å². The fourth-order valence-electron chi connectivity index (χ4n) is 4.34. The first kappa shape index (κ1) is 17.4. The SMILES string of the molecule is C1=C(c2ccccc2)CC(CCCCc2c[nH]c3cc4c(cc23)OCO4)NC1. The molecule has 4 nitrogen and oxygen atoms in total. The van der Waals surface area contributed by atoms with Gasteiger partial charge in [0.15, 0.2) is 11.5 Å². The predicted octanol–water partition coefficient (Wildman–Crippen LogP) is 5.05. The number of hydrogen-bond acceptors (Lipinski definition) is 3. The number of hydrogen-bond donors (Lipinski definition) is 2. The normalized spacial score (nSPS) is 18.4. The average Bonchev–Trinajstić information content (AvgIpc) is 3.37. The van der Waals surface area contributed by atoms with Crippen LogP contribution < -0.4 is 14.8 Å². The number of fused-ring (bicyclic) bond motifs is 2. The first-order valence-electron chi connectivity index (χ1n) is 10.2. The summed E-state index contributed by atoms with van der Waals surface area (Å²) >= 11 is 0.